The van der Waals surface area contributed by atoms with Crippen LogP contribution < -0.4 is 14.2 Å². The zero-order valence-corrected chi connectivity index (χ0v) is 20.6. The van der Waals surface area contributed by atoms with Gasteiger partial charge >= 0.3 is 11.9 Å². The molecule has 0 atom stereocenters. The van der Waals surface area contributed by atoms with Gasteiger partial charge in [-0.3, -0.25) is 0 Å². The Morgan fingerprint density at radius 3 is 1.56 bits per heavy atom. The molecule has 0 spiro atoms. The second kappa shape index (κ2) is 12.0. The van der Waals surface area contributed by atoms with Gasteiger partial charge in [-0.25, -0.2) is 9.59 Å². The van der Waals surface area contributed by atoms with Crippen LogP contribution in [0.1, 0.15) is 43.0 Å². The minimum Gasteiger partial charge on any atom is -0.496 e. The molecule has 3 aromatic rings. The molecule has 7 heteroatoms. The highest BCUT2D eigenvalue weighted by Crippen LogP contribution is 2.30. The summed E-state index contributed by atoms with van der Waals surface area (Å²) < 4.78 is 25.7. The van der Waals surface area contributed by atoms with E-state index < -0.39 is 11.9 Å². The molecule has 0 bridgehead atoms. The minimum atomic E-state index is -0.497. The molecule has 0 fully saturated rings. The molecule has 0 aromatic heterocycles. The first kappa shape index (κ1) is 25.7. The highest BCUT2D eigenvalue weighted by atomic mass is 16.5. The molecule has 0 saturated heterocycles. The van der Waals surface area contributed by atoms with Crippen LogP contribution in [0.3, 0.4) is 0 Å². The molecule has 0 aliphatic heterocycles. The highest BCUT2D eigenvalue weighted by Gasteiger charge is 2.13. The van der Waals surface area contributed by atoms with E-state index in [1.54, 1.807) is 68.8 Å². The Bertz CT molecular complexity index is 1400. The molecule has 0 radical (unpaired) electrons. The summed E-state index contributed by atoms with van der Waals surface area (Å²) in [5.41, 5.74) is 3.32. The van der Waals surface area contributed by atoms with E-state index >= 15 is 0 Å². The van der Waals surface area contributed by atoms with Gasteiger partial charge in [0.2, 0.25) is 0 Å². The van der Waals surface area contributed by atoms with Crippen LogP contribution in [0.2, 0.25) is 0 Å². The minimum absolute atomic E-state index is 0.307. The van der Waals surface area contributed by atoms with Gasteiger partial charge in [0.25, 0.3) is 0 Å². The van der Waals surface area contributed by atoms with E-state index in [-0.39, 0.29) is 0 Å². The van der Waals surface area contributed by atoms with Crippen LogP contribution in [0.15, 0.2) is 54.6 Å². The summed E-state index contributed by atoms with van der Waals surface area (Å²) in [6, 6.07) is 15.2. The standard InChI is InChI=1S/C29H24O7/c1-32-25-16-20(10-15-24(25)29(31)36-5)9-14-23-18-27(34-3)26(33-2)17-22(23)13-8-19-6-11-21(12-7-19)28(30)35-4/h6-7,10-12,15-18H,1-5H3. The van der Waals surface area contributed by atoms with Crippen molar-refractivity contribution in [2.24, 2.45) is 0 Å². The Labute approximate surface area is 209 Å². The molecule has 0 N–H and O–H groups in total. The zero-order chi connectivity index (χ0) is 26.1. The van der Waals surface area contributed by atoms with Crippen molar-refractivity contribution >= 4 is 11.9 Å². The van der Waals surface area contributed by atoms with Crippen molar-refractivity contribution in [3.8, 4) is 40.9 Å². The summed E-state index contributed by atoms with van der Waals surface area (Å²) in [5.74, 6) is 12.9. The van der Waals surface area contributed by atoms with Gasteiger partial charge in [-0.15, -0.1) is 0 Å². The van der Waals surface area contributed by atoms with Crippen LogP contribution in [0.25, 0.3) is 0 Å². The van der Waals surface area contributed by atoms with Crippen LogP contribution in [-0.4, -0.2) is 47.5 Å². The maximum absolute atomic E-state index is 11.9. The second-order valence-electron chi connectivity index (χ2n) is 7.23. The van der Waals surface area contributed by atoms with E-state index in [4.69, 9.17) is 23.7 Å². The Morgan fingerprint density at radius 1 is 0.556 bits per heavy atom. The molecule has 0 saturated carbocycles. The van der Waals surface area contributed by atoms with Gasteiger partial charge in [0.15, 0.2) is 11.5 Å². The fourth-order valence-corrected chi connectivity index (χ4v) is 3.22. The predicted octanol–water partition coefficient (Wildman–Crippen LogP) is 4.09. The van der Waals surface area contributed by atoms with Crippen LogP contribution in [-0.2, 0) is 9.47 Å². The van der Waals surface area contributed by atoms with Crippen LogP contribution in [0.5, 0.6) is 17.2 Å². The van der Waals surface area contributed by atoms with Crippen molar-refractivity contribution in [2.75, 3.05) is 35.5 Å². The first-order valence-electron chi connectivity index (χ1n) is 10.7. The lowest BCUT2D eigenvalue weighted by molar-refractivity contribution is 0.0589. The topological polar surface area (TPSA) is 80.3 Å². The summed E-state index contributed by atoms with van der Waals surface area (Å²) in [6.45, 7) is 0. The predicted molar refractivity (Wildman–Crippen MR) is 134 cm³/mol. The number of hydrogen-bond donors (Lipinski definition) is 0. The van der Waals surface area contributed by atoms with Gasteiger partial charge in [-0.1, -0.05) is 23.7 Å². The van der Waals surface area contributed by atoms with Crippen molar-refractivity contribution in [2.45, 2.75) is 0 Å². The third kappa shape index (κ3) is 5.97. The van der Waals surface area contributed by atoms with Crippen LogP contribution >= 0.6 is 0 Å². The Balaban J connectivity index is 2.02. The highest BCUT2D eigenvalue weighted by molar-refractivity contribution is 5.92. The van der Waals surface area contributed by atoms with Crippen molar-refractivity contribution in [3.63, 3.8) is 0 Å². The lowest BCUT2D eigenvalue weighted by Crippen LogP contribution is -2.04. The van der Waals surface area contributed by atoms with E-state index in [0.29, 0.717) is 50.6 Å². The zero-order valence-electron chi connectivity index (χ0n) is 20.6. The summed E-state index contributed by atoms with van der Waals surface area (Å²) >= 11 is 0. The molecule has 36 heavy (non-hydrogen) atoms. The molecule has 182 valence electrons. The summed E-state index contributed by atoms with van der Waals surface area (Å²) in [4.78, 5) is 23.6. The number of rotatable bonds is 5. The number of benzene rings is 3. The maximum Gasteiger partial charge on any atom is 0.341 e. The van der Waals surface area contributed by atoms with Gasteiger partial charge < -0.3 is 23.7 Å². The van der Waals surface area contributed by atoms with Gasteiger partial charge in [-0.2, -0.15) is 0 Å². The summed E-state index contributed by atoms with van der Waals surface area (Å²) in [6.07, 6.45) is 0. The monoisotopic (exact) mass is 484 g/mol. The van der Waals surface area contributed by atoms with E-state index in [1.165, 1.54) is 21.3 Å². The van der Waals surface area contributed by atoms with Crippen LogP contribution in [0, 0.1) is 23.7 Å². The lowest BCUT2D eigenvalue weighted by Gasteiger charge is -2.09. The van der Waals surface area contributed by atoms with Gasteiger partial charge in [0.05, 0.1) is 41.1 Å². The maximum atomic E-state index is 11.9. The molecule has 3 rings (SSSR count). The number of carbonyl (C=O) groups excluding carboxylic acids is 2. The van der Waals surface area contributed by atoms with Crippen molar-refractivity contribution in [1.29, 1.82) is 0 Å². The fraction of sp³-hybridized carbons (Fsp3) is 0.172. The molecule has 0 aliphatic carbocycles. The molecule has 0 heterocycles. The number of carbonyl (C=O) groups is 2. The summed E-state index contributed by atoms with van der Waals surface area (Å²) in [7, 11) is 7.20. The van der Waals surface area contributed by atoms with Gasteiger partial charge in [0, 0.05) is 34.4 Å². The Hall–Kier alpha value is -4.88. The molecular weight excluding hydrogens is 460 g/mol. The summed E-state index contributed by atoms with van der Waals surface area (Å²) in [5, 5.41) is 0. The van der Waals surface area contributed by atoms with Crippen molar-refractivity contribution in [3.05, 3.63) is 88.0 Å². The van der Waals surface area contributed by atoms with Gasteiger partial charge in [0.1, 0.15) is 11.3 Å². The van der Waals surface area contributed by atoms with Crippen LogP contribution in [0.4, 0.5) is 0 Å². The van der Waals surface area contributed by atoms with Crippen molar-refractivity contribution in [1.82, 2.24) is 0 Å². The second-order valence-corrected chi connectivity index (χ2v) is 7.23. The molecule has 0 unspecified atom stereocenters. The molecule has 0 aliphatic rings. The SMILES string of the molecule is COC(=O)c1ccc(C#Cc2cc(OC)c(OC)cc2C#Cc2ccc(C(=O)OC)c(OC)c2)cc1. The first-order valence-corrected chi connectivity index (χ1v) is 10.7. The molecule has 7 nitrogen and oxygen atoms in total. The average Bonchev–Trinajstić information content (AvgIpc) is 2.93. The smallest absolute Gasteiger partial charge is 0.341 e. The Morgan fingerprint density at radius 2 is 1.06 bits per heavy atom. The van der Waals surface area contributed by atoms with E-state index in [9.17, 15) is 9.59 Å². The van der Waals surface area contributed by atoms with Gasteiger partial charge in [-0.05, 0) is 42.5 Å². The number of ether oxygens (including phenoxy) is 5. The molecule has 0 amide bonds. The van der Waals surface area contributed by atoms with Crippen molar-refractivity contribution < 1.29 is 33.3 Å². The Kier molecular flexibility index (Phi) is 8.58. The number of hydrogen-bond acceptors (Lipinski definition) is 7. The third-order valence-electron chi connectivity index (χ3n) is 5.12. The molecular formula is C29H24O7. The largest absolute Gasteiger partial charge is 0.496 e. The van der Waals surface area contributed by atoms with E-state index in [1.807, 2.05) is 0 Å². The number of methoxy groups -OCH3 is 5. The van der Waals surface area contributed by atoms with E-state index in [0.717, 1.165) is 0 Å². The lowest BCUT2D eigenvalue weighted by atomic mass is 10.0. The molecule has 3 aromatic carbocycles. The fourth-order valence-electron chi connectivity index (χ4n) is 3.22. The first-order chi connectivity index (χ1) is 17.4. The average molecular weight is 485 g/mol. The quantitative estimate of drug-likeness (QED) is 0.399. The number of esters is 2. The van der Waals surface area contributed by atoms with E-state index in [2.05, 4.69) is 23.7 Å². The normalized spacial score (nSPS) is 9.58. The third-order valence-corrected chi connectivity index (χ3v) is 5.12.